The monoisotopic (exact) mass is 361 g/mol. The lowest BCUT2D eigenvalue weighted by Gasteiger charge is -2.36. The Morgan fingerprint density at radius 1 is 1.19 bits per heavy atom. The molecule has 26 heavy (non-hydrogen) atoms. The van der Waals surface area contributed by atoms with Crippen LogP contribution in [0.1, 0.15) is 12.5 Å². The van der Waals surface area contributed by atoms with Gasteiger partial charge in [0.25, 0.3) is 0 Å². The van der Waals surface area contributed by atoms with Crippen LogP contribution in [0.2, 0.25) is 0 Å². The molecule has 0 aliphatic carbocycles. The Hall–Kier alpha value is -1.99. The number of nitrogens with zero attached hydrogens (tertiary/aromatic N) is 3. The summed E-state index contributed by atoms with van der Waals surface area (Å²) in [7, 11) is 4.37. The Balaban J connectivity index is 1.49. The van der Waals surface area contributed by atoms with Gasteiger partial charge in [0, 0.05) is 38.8 Å². The molecule has 2 aliphatic rings. The molecule has 1 atom stereocenters. The van der Waals surface area contributed by atoms with Crippen LogP contribution in [0, 0.1) is 0 Å². The molecule has 1 fully saturated rings. The van der Waals surface area contributed by atoms with Crippen LogP contribution in [0.25, 0.3) is 0 Å². The van der Waals surface area contributed by atoms with Gasteiger partial charge in [-0.2, -0.15) is 0 Å². The summed E-state index contributed by atoms with van der Waals surface area (Å²) in [4.78, 5) is 9.57. The second kappa shape index (κ2) is 9.09. The number of rotatable bonds is 6. The smallest absolute Gasteiger partial charge is 0.231 e. The molecule has 1 saturated heterocycles. The van der Waals surface area contributed by atoms with Gasteiger partial charge in [0.2, 0.25) is 6.79 Å². The molecule has 0 amide bonds. The van der Waals surface area contributed by atoms with Gasteiger partial charge in [0.1, 0.15) is 0 Å². The molecule has 0 aromatic heterocycles. The largest absolute Gasteiger partial charge is 0.454 e. The van der Waals surface area contributed by atoms with Crippen molar-refractivity contribution in [3.05, 3.63) is 23.8 Å². The van der Waals surface area contributed by atoms with E-state index in [2.05, 4.69) is 53.6 Å². The minimum atomic E-state index is 0.319. The zero-order valence-corrected chi connectivity index (χ0v) is 16.1. The Kier molecular flexibility index (Phi) is 6.57. The molecule has 0 bridgehead atoms. The third kappa shape index (κ3) is 5.02. The standard InChI is InChI=1S/C19H31N5O2/c1-4-20-19(22-12-16-13-23(2)9-10-24(16)3)21-8-7-15-5-6-17-18(11-15)26-14-25-17/h5-6,11,16H,4,7-10,12-14H2,1-3H3,(H2,20,21,22). The summed E-state index contributed by atoms with van der Waals surface area (Å²) in [5.41, 5.74) is 1.23. The van der Waals surface area contributed by atoms with Crippen molar-refractivity contribution in [2.75, 3.05) is 60.2 Å². The first-order valence-corrected chi connectivity index (χ1v) is 9.45. The fourth-order valence-electron chi connectivity index (χ4n) is 3.26. The van der Waals surface area contributed by atoms with E-state index in [1.165, 1.54) is 5.56 Å². The quantitative estimate of drug-likeness (QED) is 0.576. The van der Waals surface area contributed by atoms with Crippen LogP contribution in [0.15, 0.2) is 23.2 Å². The van der Waals surface area contributed by atoms with Gasteiger partial charge in [-0.05, 0) is 45.1 Å². The molecule has 2 N–H and O–H groups in total. The fourth-order valence-corrected chi connectivity index (χ4v) is 3.26. The number of hydrogen-bond acceptors (Lipinski definition) is 5. The Morgan fingerprint density at radius 2 is 2.04 bits per heavy atom. The van der Waals surface area contributed by atoms with E-state index >= 15 is 0 Å². The number of hydrogen-bond donors (Lipinski definition) is 2. The molecule has 0 radical (unpaired) electrons. The van der Waals surface area contributed by atoms with Crippen molar-refractivity contribution < 1.29 is 9.47 Å². The Bertz CT molecular complexity index is 622. The summed E-state index contributed by atoms with van der Waals surface area (Å²) in [5.74, 6) is 2.56. The van der Waals surface area contributed by atoms with Crippen molar-refractivity contribution in [2.24, 2.45) is 4.99 Å². The van der Waals surface area contributed by atoms with Crippen LogP contribution in [-0.4, -0.2) is 82.0 Å². The van der Waals surface area contributed by atoms with Crippen molar-refractivity contribution in [1.82, 2.24) is 20.4 Å². The van der Waals surface area contributed by atoms with Crippen LogP contribution in [0.4, 0.5) is 0 Å². The Morgan fingerprint density at radius 3 is 2.88 bits per heavy atom. The van der Waals surface area contributed by atoms with Crippen LogP contribution >= 0.6 is 0 Å². The maximum absolute atomic E-state index is 5.44. The van der Waals surface area contributed by atoms with Gasteiger partial charge in [-0.3, -0.25) is 9.89 Å². The van der Waals surface area contributed by atoms with Gasteiger partial charge in [-0.25, -0.2) is 0 Å². The minimum Gasteiger partial charge on any atom is -0.454 e. The molecule has 3 rings (SSSR count). The molecule has 1 aromatic carbocycles. The van der Waals surface area contributed by atoms with Gasteiger partial charge in [-0.15, -0.1) is 0 Å². The Labute approximate surface area is 156 Å². The van der Waals surface area contributed by atoms with Crippen molar-refractivity contribution in [3.63, 3.8) is 0 Å². The summed E-state index contributed by atoms with van der Waals surface area (Å²) < 4.78 is 10.8. The molecule has 144 valence electrons. The summed E-state index contributed by atoms with van der Waals surface area (Å²) >= 11 is 0. The highest BCUT2D eigenvalue weighted by Gasteiger charge is 2.21. The molecule has 1 aromatic rings. The summed E-state index contributed by atoms with van der Waals surface area (Å²) in [6.45, 7) is 8.20. The lowest BCUT2D eigenvalue weighted by Crippen LogP contribution is -2.51. The van der Waals surface area contributed by atoms with Crippen LogP contribution < -0.4 is 20.1 Å². The summed E-state index contributed by atoms with van der Waals surface area (Å²) in [5, 5.41) is 6.78. The first-order chi connectivity index (χ1) is 12.7. The predicted octanol–water partition coefficient (Wildman–Crippen LogP) is 0.759. The number of aliphatic imine (C=N–C) groups is 1. The number of guanidine groups is 1. The van der Waals surface area contributed by atoms with Crippen LogP contribution in [-0.2, 0) is 6.42 Å². The molecule has 2 heterocycles. The molecular weight excluding hydrogens is 330 g/mol. The zero-order valence-electron chi connectivity index (χ0n) is 16.1. The predicted molar refractivity (Wildman–Crippen MR) is 104 cm³/mol. The first kappa shape index (κ1) is 18.8. The normalized spacial score (nSPS) is 21.0. The van der Waals surface area contributed by atoms with E-state index in [0.717, 1.165) is 63.1 Å². The number of fused-ring (bicyclic) bond motifs is 1. The van der Waals surface area contributed by atoms with Crippen molar-refractivity contribution in [1.29, 1.82) is 0 Å². The molecule has 7 nitrogen and oxygen atoms in total. The van der Waals surface area contributed by atoms with E-state index in [-0.39, 0.29) is 0 Å². The summed E-state index contributed by atoms with van der Waals surface area (Å²) in [6, 6.07) is 6.59. The lowest BCUT2D eigenvalue weighted by atomic mass is 10.1. The van der Waals surface area contributed by atoms with Crippen molar-refractivity contribution >= 4 is 5.96 Å². The molecule has 2 aliphatic heterocycles. The van der Waals surface area contributed by atoms with E-state index < -0.39 is 0 Å². The van der Waals surface area contributed by atoms with Gasteiger partial charge >= 0.3 is 0 Å². The van der Waals surface area contributed by atoms with E-state index in [9.17, 15) is 0 Å². The van der Waals surface area contributed by atoms with Crippen LogP contribution in [0.5, 0.6) is 11.5 Å². The molecule has 0 spiro atoms. The number of benzene rings is 1. The van der Waals surface area contributed by atoms with E-state index in [0.29, 0.717) is 12.8 Å². The number of ether oxygens (including phenoxy) is 2. The molecule has 0 saturated carbocycles. The summed E-state index contributed by atoms with van der Waals surface area (Å²) in [6.07, 6.45) is 0.910. The van der Waals surface area contributed by atoms with Crippen molar-refractivity contribution in [3.8, 4) is 11.5 Å². The number of likely N-dealkylation sites (N-methyl/N-ethyl adjacent to an activating group) is 2. The lowest BCUT2D eigenvalue weighted by molar-refractivity contribution is 0.119. The second-order valence-corrected chi connectivity index (χ2v) is 6.98. The first-order valence-electron chi connectivity index (χ1n) is 9.45. The highest BCUT2D eigenvalue weighted by molar-refractivity contribution is 5.79. The van der Waals surface area contributed by atoms with Gasteiger partial charge < -0.3 is 25.0 Å². The van der Waals surface area contributed by atoms with E-state index in [4.69, 9.17) is 14.5 Å². The third-order valence-electron chi connectivity index (χ3n) is 4.93. The molecular formula is C19H31N5O2. The maximum atomic E-state index is 5.44. The van der Waals surface area contributed by atoms with Crippen molar-refractivity contribution in [2.45, 2.75) is 19.4 Å². The second-order valence-electron chi connectivity index (χ2n) is 6.98. The number of piperazine rings is 1. The average molecular weight is 361 g/mol. The van der Waals surface area contributed by atoms with E-state index in [1.54, 1.807) is 0 Å². The number of nitrogens with one attached hydrogen (secondary N) is 2. The SMILES string of the molecule is CCNC(=NCC1CN(C)CCN1C)NCCc1ccc2c(c1)OCO2. The molecule has 1 unspecified atom stereocenters. The van der Waals surface area contributed by atoms with Gasteiger partial charge in [-0.1, -0.05) is 6.07 Å². The fraction of sp³-hybridized carbons (Fsp3) is 0.632. The highest BCUT2D eigenvalue weighted by Crippen LogP contribution is 2.32. The van der Waals surface area contributed by atoms with Gasteiger partial charge in [0.15, 0.2) is 17.5 Å². The minimum absolute atomic E-state index is 0.319. The zero-order chi connectivity index (χ0) is 18.4. The van der Waals surface area contributed by atoms with Gasteiger partial charge in [0.05, 0.1) is 6.54 Å². The highest BCUT2D eigenvalue weighted by atomic mass is 16.7. The maximum Gasteiger partial charge on any atom is 0.231 e. The van der Waals surface area contributed by atoms with E-state index in [1.807, 2.05) is 6.07 Å². The average Bonchev–Trinajstić information content (AvgIpc) is 3.10. The third-order valence-corrected chi connectivity index (χ3v) is 4.93. The molecule has 7 heteroatoms. The topological polar surface area (TPSA) is 61.4 Å². The van der Waals surface area contributed by atoms with Crippen LogP contribution in [0.3, 0.4) is 0 Å².